The first kappa shape index (κ1) is 18.8. The number of nitrogens with one attached hydrogen (secondary N) is 1. The predicted octanol–water partition coefficient (Wildman–Crippen LogP) is 5.23. The zero-order valence-corrected chi connectivity index (χ0v) is 16.4. The van der Waals surface area contributed by atoms with E-state index in [1.54, 1.807) is 7.11 Å². The first-order valence-electron chi connectivity index (χ1n) is 8.31. The summed E-state index contributed by atoms with van der Waals surface area (Å²) in [5.74, 6) is 1.49. The van der Waals surface area contributed by atoms with E-state index in [-0.39, 0.29) is 0 Å². The minimum Gasteiger partial charge on any atom is -0.493 e. The van der Waals surface area contributed by atoms with Gasteiger partial charge in [-0.15, -0.1) is 0 Å². The fraction of sp³-hybridized carbons (Fsp3) is 0.400. The van der Waals surface area contributed by atoms with Crippen LogP contribution in [0.3, 0.4) is 0 Å². The van der Waals surface area contributed by atoms with Crippen LogP contribution in [0.1, 0.15) is 37.0 Å². The zero-order valence-electron chi connectivity index (χ0n) is 14.9. The SMILES string of the molecule is CCC(C)NCc1cc(Br)c(OCc2ccc(C)cc2)c(OC)c1. The summed E-state index contributed by atoms with van der Waals surface area (Å²) in [4.78, 5) is 0. The Morgan fingerprint density at radius 1 is 1.12 bits per heavy atom. The maximum Gasteiger partial charge on any atom is 0.175 e. The van der Waals surface area contributed by atoms with Crippen molar-refractivity contribution in [3.05, 3.63) is 57.6 Å². The Balaban J connectivity index is 2.10. The zero-order chi connectivity index (χ0) is 17.5. The molecule has 2 aromatic rings. The van der Waals surface area contributed by atoms with Crippen molar-refractivity contribution < 1.29 is 9.47 Å². The number of aryl methyl sites for hydroxylation is 1. The number of halogens is 1. The molecular weight excluding hydrogens is 366 g/mol. The van der Waals surface area contributed by atoms with Gasteiger partial charge < -0.3 is 14.8 Å². The number of rotatable bonds is 8. The van der Waals surface area contributed by atoms with Crippen molar-refractivity contribution in [2.45, 2.75) is 46.4 Å². The molecule has 0 bridgehead atoms. The molecule has 1 atom stereocenters. The number of methoxy groups -OCH3 is 1. The van der Waals surface area contributed by atoms with Gasteiger partial charge in [0.2, 0.25) is 0 Å². The van der Waals surface area contributed by atoms with Gasteiger partial charge in [0, 0.05) is 12.6 Å². The number of hydrogen-bond acceptors (Lipinski definition) is 3. The largest absolute Gasteiger partial charge is 0.493 e. The Kier molecular flexibility index (Phi) is 7.13. The van der Waals surface area contributed by atoms with Crippen molar-refractivity contribution >= 4 is 15.9 Å². The molecule has 2 rings (SSSR count). The maximum atomic E-state index is 5.99. The molecule has 0 heterocycles. The second-order valence-electron chi connectivity index (χ2n) is 6.07. The third-order valence-corrected chi connectivity index (χ3v) is 4.65. The molecule has 0 aliphatic rings. The van der Waals surface area contributed by atoms with E-state index < -0.39 is 0 Å². The van der Waals surface area contributed by atoms with Gasteiger partial charge >= 0.3 is 0 Å². The maximum absolute atomic E-state index is 5.99. The fourth-order valence-corrected chi connectivity index (χ4v) is 2.90. The molecule has 4 heteroatoms. The molecule has 0 aromatic heterocycles. The molecule has 0 spiro atoms. The number of benzene rings is 2. The molecule has 0 radical (unpaired) electrons. The molecule has 0 amide bonds. The Labute approximate surface area is 153 Å². The Morgan fingerprint density at radius 3 is 2.46 bits per heavy atom. The van der Waals surface area contributed by atoms with Gasteiger partial charge in [0.15, 0.2) is 11.5 Å². The van der Waals surface area contributed by atoms with Crippen molar-refractivity contribution in [2.75, 3.05) is 7.11 Å². The summed E-state index contributed by atoms with van der Waals surface area (Å²) in [6.07, 6.45) is 1.11. The van der Waals surface area contributed by atoms with E-state index in [0.717, 1.165) is 34.5 Å². The molecule has 0 saturated carbocycles. The molecule has 0 aliphatic carbocycles. The summed E-state index contributed by atoms with van der Waals surface area (Å²) < 4.78 is 12.4. The van der Waals surface area contributed by atoms with Crippen LogP contribution in [0.2, 0.25) is 0 Å². The van der Waals surface area contributed by atoms with Crippen LogP contribution in [0.5, 0.6) is 11.5 Å². The smallest absolute Gasteiger partial charge is 0.175 e. The van der Waals surface area contributed by atoms with Crippen molar-refractivity contribution in [2.24, 2.45) is 0 Å². The molecule has 2 aromatic carbocycles. The van der Waals surface area contributed by atoms with Gasteiger partial charge in [-0.2, -0.15) is 0 Å². The van der Waals surface area contributed by atoms with Crippen LogP contribution in [-0.4, -0.2) is 13.2 Å². The van der Waals surface area contributed by atoms with Gasteiger partial charge in [0.05, 0.1) is 11.6 Å². The molecule has 0 saturated heterocycles. The van der Waals surface area contributed by atoms with Gasteiger partial charge in [-0.25, -0.2) is 0 Å². The Bertz CT molecular complexity index is 655. The third-order valence-electron chi connectivity index (χ3n) is 4.06. The van der Waals surface area contributed by atoms with Gasteiger partial charge in [-0.3, -0.25) is 0 Å². The average molecular weight is 392 g/mol. The predicted molar refractivity (Wildman–Crippen MR) is 103 cm³/mol. The lowest BCUT2D eigenvalue weighted by Crippen LogP contribution is -2.24. The summed E-state index contributed by atoms with van der Waals surface area (Å²) in [5, 5.41) is 3.49. The summed E-state index contributed by atoms with van der Waals surface area (Å²) in [6.45, 7) is 7.76. The van der Waals surface area contributed by atoms with Gasteiger partial charge in [-0.05, 0) is 59.5 Å². The number of ether oxygens (including phenoxy) is 2. The highest BCUT2D eigenvalue weighted by Gasteiger charge is 2.12. The topological polar surface area (TPSA) is 30.5 Å². The lowest BCUT2D eigenvalue weighted by Gasteiger charge is -2.16. The van der Waals surface area contributed by atoms with E-state index in [4.69, 9.17) is 9.47 Å². The average Bonchev–Trinajstić information content (AvgIpc) is 2.59. The van der Waals surface area contributed by atoms with Gasteiger partial charge in [-0.1, -0.05) is 36.8 Å². The molecule has 3 nitrogen and oxygen atoms in total. The van der Waals surface area contributed by atoms with E-state index in [0.29, 0.717) is 12.6 Å². The van der Waals surface area contributed by atoms with Crippen LogP contribution < -0.4 is 14.8 Å². The highest BCUT2D eigenvalue weighted by atomic mass is 79.9. The monoisotopic (exact) mass is 391 g/mol. The van der Waals surface area contributed by atoms with Gasteiger partial charge in [0.1, 0.15) is 6.61 Å². The lowest BCUT2D eigenvalue weighted by molar-refractivity contribution is 0.282. The first-order chi connectivity index (χ1) is 11.5. The molecule has 1 N–H and O–H groups in total. The highest BCUT2D eigenvalue weighted by Crippen LogP contribution is 2.37. The second kappa shape index (κ2) is 9.09. The minimum atomic E-state index is 0.493. The number of hydrogen-bond donors (Lipinski definition) is 1. The van der Waals surface area contributed by atoms with Gasteiger partial charge in [0.25, 0.3) is 0 Å². The Hall–Kier alpha value is -1.52. The first-order valence-corrected chi connectivity index (χ1v) is 9.11. The highest BCUT2D eigenvalue weighted by molar-refractivity contribution is 9.10. The standard InChI is InChI=1S/C20H26BrNO2/c1-5-15(3)22-12-17-10-18(21)20(19(11-17)23-4)24-13-16-8-6-14(2)7-9-16/h6-11,15,22H,5,12-13H2,1-4H3. The van der Waals surface area contributed by atoms with E-state index >= 15 is 0 Å². The van der Waals surface area contributed by atoms with Crippen LogP contribution in [0.15, 0.2) is 40.9 Å². The summed E-state index contributed by atoms with van der Waals surface area (Å²) in [7, 11) is 1.67. The molecule has 0 fully saturated rings. The summed E-state index contributed by atoms with van der Waals surface area (Å²) >= 11 is 3.62. The molecule has 1 unspecified atom stereocenters. The van der Waals surface area contributed by atoms with Crippen molar-refractivity contribution in [1.82, 2.24) is 5.32 Å². The van der Waals surface area contributed by atoms with E-state index in [1.165, 1.54) is 11.1 Å². The van der Waals surface area contributed by atoms with Crippen LogP contribution in [0.4, 0.5) is 0 Å². The van der Waals surface area contributed by atoms with Crippen LogP contribution in [-0.2, 0) is 13.2 Å². The molecular formula is C20H26BrNO2. The molecule has 0 aliphatic heterocycles. The third kappa shape index (κ3) is 5.25. The van der Waals surface area contributed by atoms with E-state index in [2.05, 4.69) is 72.3 Å². The minimum absolute atomic E-state index is 0.493. The van der Waals surface area contributed by atoms with Crippen LogP contribution in [0.25, 0.3) is 0 Å². The summed E-state index contributed by atoms with van der Waals surface area (Å²) in [6, 6.07) is 13.0. The van der Waals surface area contributed by atoms with Crippen molar-refractivity contribution in [3.8, 4) is 11.5 Å². The van der Waals surface area contributed by atoms with Crippen LogP contribution >= 0.6 is 15.9 Å². The second-order valence-corrected chi connectivity index (χ2v) is 6.93. The van der Waals surface area contributed by atoms with E-state index in [9.17, 15) is 0 Å². The van der Waals surface area contributed by atoms with Crippen LogP contribution in [0, 0.1) is 6.92 Å². The lowest BCUT2D eigenvalue weighted by atomic mass is 10.1. The summed E-state index contributed by atoms with van der Waals surface area (Å²) in [5.41, 5.74) is 3.55. The Morgan fingerprint density at radius 2 is 1.83 bits per heavy atom. The molecule has 24 heavy (non-hydrogen) atoms. The van der Waals surface area contributed by atoms with Crippen molar-refractivity contribution in [3.63, 3.8) is 0 Å². The normalized spacial score (nSPS) is 12.0. The van der Waals surface area contributed by atoms with E-state index in [1.807, 2.05) is 6.07 Å². The van der Waals surface area contributed by atoms with Crippen molar-refractivity contribution in [1.29, 1.82) is 0 Å². The molecule has 130 valence electrons. The fourth-order valence-electron chi connectivity index (χ4n) is 2.29. The quantitative estimate of drug-likeness (QED) is 0.667.